The number of aromatic amines is 1. The van der Waals surface area contributed by atoms with Crippen molar-refractivity contribution in [1.29, 1.82) is 0 Å². The molecule has 3 aromatic rings. The summed E-state index contributed by atoms with van der Waals surface area (Å²) in [5.41, 5.74) is 1.94. The molecule has 1 N–H and O–H groups in total. The molecule has 3 rings (SSSR count). The van der Waals surface area contributed by atoms with Crippen LogP contribution < -0.4 is 4.74 Å². The Kier molecular flexibility index (Phi) is 5.26. The summed E-state index contributed by atoms with van der Waals surface area (Å²) in [4.78, 5) is 7.36. The van der Waals surface area contributed by atoms with Gasteiger partial charge in [0.15, 0.2) is 0 Å². The lowest BCUT2D eigenvalue weighted by Crippen LogP contribution is -2.01. The number of nitrogens with zero attached hydrogens (tertiary/aromatic N) is 1. The average molecular weight is 412 g/mol. The van der Waals surface area contributed by atoms with Crippen LogP contribution in [0.4, 0.5) is 0 Å². The number of ether oxygens (including phenoxy) is 1. The minimum Gasteiger partial charge on any atom is -0.489 e. The smallest absolute Gasteiger partial charge is 0.124 e. The van der Waals surface area contributed by atoms with Crippen molar-refractivity contribution in [3.63, 3.8) is 0 Å². The first kappa shape index (κ1) is 16.4. The van der Waals surface area contributed by atoms with Gasteiger partial charge in [-0.2, -0.15) is 0 Å². The molecule has 0 saturated carbocycles. The molecule has 0 saturated heterocycles. The highest BCUT2D eigenvalue weighted by molar-refractivity contribution is 9.10. The quantitative estimate of drug-likeness (QED) is 0.589. The van der Waals surface area contributed by atoms with Crippen LogP contribution in [0, 0.1) is 0 Å². The van der Waals surface area contributed by atoms with E-state index in [0.29, 0.717) is 23.1 Å². The van der Waals surface area contributed by atoms with Crippen LogP contribution >= 0.6 is 39.1 Å². The van der Waals surface area contributed by atoms with Crippen molar-refractivity contribution in [3.8, 4) is 5.75 Å². The van der Waals surface area contributed by atoms with Crippen molar-refractivity contribution >= 4 is 39.1 Å². The SMILES string of the molecule is Clc1ccc(COc2cc(Br)ccc2Cc2ncc[nH]2)c(Cl)c1. The van der Waals surface area contributed by atoms with E-state index in [4.69, 9.17) is 27.9 Å². The molecule has 3 nitrogen and oxygen atoms in total. The van der Waals surface area contributed by atoms with Crippen molar-refractivity contribution in [2.24, 2.45) is 0 Å². The van der Waals surface area contributed by atoms with Gasteiger partial charge in [-0.1, -0.05) is 51.3 Å². The van der Waals surface area contributed by atoms with Gasteiger partial charge in [0.25, 0.3) is 0 Å². The molecule has 0 fully saturated rings. The van der Waals surface area contributed by atoms with Crippen LogP contribution in [0.5, 0.6) is 5.75 Å². The first-order valence-electron chi connectivity index (χ1n) is 6.95. The summed E-state index contributed by atoms with van der Waals surface area (Å²) < 4.78 is 6.93. The fourth-order valence-corrected chi connectivity index (χ4v) is 2.98. The lowest BCUT2D eigenvalue weighted by molar-refractivity contribution is 0.303. The molecule has 1 aromatic heterocycles. The number of hydrogen-bond donors (Lipinski definition) is 1. The zero-order valence-electron chi connectivity index (χ0n) is 12.0. The number of nitrogens with one attached hydrogen (secondary N) is 1. The highest BCUT2D eigenvalue weighted by atomic mass is 79.9. The van der Waals surface area contributed by atoms with Crippen LogP contribution in [-0.2, 0) is 13.0 Å². The third-order valence-electron chi connectivity index (χ3n) is 3.34. The first-order chi connectivity index (χ1) is 11.1. The molecule has 0 spiro atoms. The predicted octanol–water partition coefficient (Wildman–Crippen LogP) is 5.65. The second-order valence-electron chi connectivity index (χ2n) is 4.99. The molecule has 0 atom stereocenters. The highest BCUT2D eigenvalue weighted by Gasteiger charge is 2.09. The maximum atomic E-state index is 6.19. The van der Waals surface area contributed by atoms with Crippen LogP contribution in [0.25, 0.3) is 0 Å². The fraction of sp³-hybridized carbons (Fsp3) is 0.118. The highest BCUT2D eigenvalue weighted by Crippen LogP contribution is 2.28. The molecule has 0 amide bonds. The van der Waals surface area contributed by atoms with Crippen LogP contribution in [0.15, 0.2) is 53.3 Å². The summed E-state index contributed by atoms with van der Waals surface area (Å²) in [6.07, 6.45) is 4.22. The Morgan fingerprint density at radius 2 is 1.91 bits per heavy atom. The predicted molar refractivity (Wildman–Crippen MR) is 96.3 cm³/mol. The van der Waals surface area contributed by atoms with Crippen molar-refractivity contribution in [2.45, 2.75) is 13.0 Å². The molecule has 0 aliphatic carbocycles. The van der Waals surface area contributed by atoms with Crippen LogP contribution in [0.3, 0.4) is 0 Å². The third kappa shape index (κ3) is 4.28. The molecule has 2 aromatic carbocycles. The molecule has 23 heavy (non-hydrogen) atoms. The van der Waals surface area contributed by atoms with E-state index in [1.165, 1.54) is 0 Å². The molecule has 0 radical (unpaired) electrons. The molecule has 0 aliphatic rings. The summed E-state index contributed by atoms with van der Waals surface area (Å²) in [5.74, 6) is 1.68. The minimum absolute atomic E-state index is 0.373. The molecule has 0 unspecified atom stereocenters. The van der Waals surface area contributed by atoms with Gasteiger partial charge < -0.3 is 9.72 Å². The largest absolute Gasteiger partial charge is 0.489 e. The van der Waals surface area contributed by atoms with E-state index in [9.17, 15) is 0 Å². The Morgan fingerprint density at radius 3 is 2.65 bits per heavy atom. The summed E-state index contributed by atoms with van der Waals surface area (Å²) in [7, 11) is 0. The molecular formula is C17H13BrCl2N2O. The average Bonchev–Trinajstić information content (AvgIpc) is 3.02. The number of halogens is 3. The standard InChI is InChI=1S/C17H13BrCl2N2O/c18-13-3-1-11(7-17-21-5-6-22-17)16(8-13)23-10-12-2-4-14(19)9-15(12)20/h1-6,8-9H,7,10H2,(H,21,22). The van der Waals surface area contributed by atoms with Gasteiger partial charge >= 0.3 is 0 Å². The van der Waals surface area contributed by atoms with Gasteiger partial charge in [-0.05, 0) is 24.3 Å². The monoisotopic (exact) mass is 410 g/mol. The van der Waals surface area contributed by atoms with Gasteiger partial charge in [-0.25, -0.2) is 4.98 Å². The van der Waals surface area contributed by atoms with E-state index in [1.807, 2.05) is 30.5 Å². The Bertz CT molecular complexity index is 806. The van der Waals surface area contributed by atoms with Gasteiger partial charge in [0.05, 0.1) is 0 Å². The van der Waals surface area contributed by atoms with Crippen molar-refractivity contribution in [2.75, 3.05) is 0 Å². The Labute approximate surface area is 152 Å². The van der Waals surface area contributed by atoms with Gasteiger partial charge in [0, 0.05) is 44.5 Å². The molecular weight excluding hydrogens is 399 g/mol. The maximum Gasteiger partial charge on any atom is 0.124 e. The van der Waals surface area contributed by atoms with E-state index in [0.717, 1.165) is 27.2 Å². The molecule has 118 valence electrons. The second-order valence-corrected chi connectivity index (χ2v) is 6.75. The van der Waals surface area contributed by atoms with Crippen molar-refractivity contribution < 1.29 is 4.74 Å². The topological polar surface area (TPSA) is 37.9 Å². The number of hydrogen-bond acceptors (Lipinski definition) is 2. The summed E-state index contributed by atoms with van der Waals surface area (Å²) in [5, 5.41) is 1.21. The van der Waals surface area contributed by atoms with Crippen LogP contribution in [-0.4, -0.2) is 9.97 Å². The molecule has 1 heterocycles. The van der Waals surface area contributed by atoms with Crippen molar-refractivity contribution in [3.05, 3.63) is 80.3 Å². The van der Waals surface area contributed by atoms with Gasteiger partial charge in [0.2, 0.25) is 0 Å². The summed E-state index contributed by atoms with van der Waals surface area (Å²) >= 11 is 15.6. The van der Waals surface area contributed by atoms with Crippen LogP contribution in [0.1, 0.15) is 17.0 Å². The van der Waals surface area contributed by atoms with E-state index in [2.05, 4.69) is 25.9 Å². The number of benzene rings is 2. The molecule has 0 bridgehead atoms. The number of aromatic nitrogens is 2. The van der Waals surface area contributed by atoms with Crippen LogP contribution in [0.2, 0.25) is 10.0 Å². The van der Waals surface area contributed by atoms with E-state index in [1.54, 1.807) is 18.3 Å². The van der Waals surface area contributed by atoms with Gasteiger partial charge in [-0.3, -0.25) is 0 Å². The maximum absolute atomic E-state index is 6.19. The van der Waals surface area contributed by atoms with E-state index < -0.39 is 0 Å². The Balaban J connectivity index is 1.79. The molecule has 6 heteroatoms. The van der Waals surface area contributed by atoms with E-state index >= 15 is 0 Å². The summed E-state index contributed by atoms with van der Waals surface area (Å²) in [6, 6.07) is 11.3. The Hall–Kier alpha value is -1.49. The summed E-state index contributed by atoms with van der Waals surface area (Å²) in [6.45, 7) is 0.373. The fourth-order valence-electron chi connectivity index (χ4n) is 2.18. The first-order valence-corrected chi connectivity index (χ1v) is 8.50. The third-order valence-corrected chi connectivity index (χ3v) is 4.42. The van der Waals surface area contributed by atoms with Gasteiger partial charge in [0.1, 0.15) is 18.2 Å². The normalized spacial score (nSPS) is 10.7. The van der Waals surface area contributed by atoms with Crippen molar-refractivity contribution in [1.82, 2.24) is 9.97 Å². The molecule has 0 aliphatic heterocycles. The second kappa shape index (κ2) is 7.39. The zero-order valence-corrected chi connectivity index (χ0v) is 15.1. The lowest BCUT2D eigenvalue weighted by atomic mass is 10.1. The number of imidazole rings is 1. The number of H-pyrrole nitrogens is 1. The minimum atomic E-state index is 0.373. The zero-order chi connectivity index (χ0) is 16.2. The Morgan fingerprint density at radius 1 is 1.09 bits per heavy atom. The van der Waals surface area contributed by atoms with E-state index in [-0.39, 0.29) is 0 Å². The number of rotatable bonds is 5. The van der Waals surface area contributed by atoms with Gasteiger partial charge in [-0.15, -0.1) is 0 Å². The lowest BCUT2D eigenvalue weighted by Gasteiger charge is -2.12.